The van der Waals surface area contributed by atoms with Crippen molar-refractivity contribution in [3.8, 4) is 5.75 Å². The van der Waals surface area contributed by atoms with Crippen LogP contribution in [0.2, 0.25) is 10.0 Å². The van der Waals surface area contributed by atoms with Crippen LogP contribution < -0.4 is 10.2 Å². The number of hydrogen-bond acceptors (Lipinski definition) is 5. The number of hydrogen-bond donors (Lipinski definition) is 1. The van der Waals surface area contributed by atoms with E-state index in [0.717, 1.165) is 11.8 Å². The Labute approximate surface area is 137 Å². The van der Waals surface area contributed by atoms with Crippen LogP contribution in [0.4, 0.5) is 18.3 Å². The summed E-state index contributed by atoms with van der Waals surface area (Å²) in [5.74, 6) is -0.590. The zero-order valence-electron chi connectivity index (χ0n) is 10.9. The number of alkyl halides is 3. The van der Waals surface area contributed by atoms with E-state index in [1.54, 1.807) is 0 Å². The summed E-state index contributed by atoms with van der Waals surface area (Å²) in [5.41, 5.74) is 3.77. The Morgan fingerprint density at radius 2 is 2.09 bits per heavy atom. The number of halogens is 5. The summed E-state index contributed by atoms with van der Waals surface area (Å²) in [4.78, 5) is 4.11. The maximum absolute atomic E-state index is 12.3. The first-order valence-electron chi connectivity index (χ1n) is 5.70. The predicted octanol–water partition coefficient (Wildman–Crippen LogP) is 5.10. The fourth-order valence-corrected chi connectivity index (χ4v) is 2.43. The number of anilines is 1. The maximum Gasteiger partial charge on any atom is 0.573 e. The predicted molar refractivity (Wildman–Crippen MR) is 81.2 cm³/mol. The summed E-state index contributed by atoms with van der Waals surface area (Å²) in [6, 6.07) is 2.45. The minimum atomic E-state index is -4.86. The van der Waals surface area contributed by atoms with E-state index in [2.05, 4.69) is 20.2 Å². The Kier molecular flexibility index (Phi) is 5.15. The third-order valence-corrected chi connectivity index (χ3v) is 3.89. The topological polar surface area (TPSA) is 46.5 Å². The van der Waals surface area contributed by atoms with Crippen LogP contribution in [0.15, 0.2) is 22.6 Å². The van der Waals surface area contributed by atoms with Crippen molar-refractivity contribution >= 4 is 45.9 Å². The minimum absolute atomic E-state index is 0.0741. The first-order chi connectivity index (χ1) is 10.2. The Balaban J connectivity index is 2.17. The summed E-state index contributed by atoms with van der Waals surface area (Å²) in [6.45, 7) is 1.82. The van der Waals surface area contributed by atoms with Crippen LogP contribution in [0.5, 0.6) is 5.75 Å². The summed E-state index contributed by atoms with van der Waals surface area (Å²) >= 11 is 12.8. The molecule has 0 aliphatic heterocycles. The van der Waals surface area contributed by atoms with E-state index in [9.17, 15) is 13.2 Å². The fourth-order valence-electron chi connectivity index (χ4n) is 1.42. The number of ether oxygens (including phenoxy) is 1. The Morgan fingerprint density at radius 1 is 1.36 bits per heavy atom. The van der Waals surface area contributed by atoms with Crippen molar-refractivity contribution in [1.82, 2.24) is 4.98 Å². The second-order valence-electron chi connectivity index (χ2n) is 4.03. The molecular weight excluding hydrogens is 362 g/mol. The Morgan fingerprint density at radius 3 is 2.68 bits per heavy atom. The van der Waals surface area contributed by atoms with E-state index in [-0.39, 0.29) is 15.6 Å². The van der Waals surface area contributed by atoms with Gasteiger partial charge >= 0.3 is 6.36 Å². The van der Waals surface area contributed by atoms with Crippen LogP contribution in [-0.4, -0.2) is 17.6 Å². The summed E-state index contributed by atoms with van der Waals surface area (Å²) in [7, 11) is 0. The molecule has 1 N–H and O–H groups in total. The molecule has 0 spiro atoms. The second kappa shape index (κ2) is 6.72. The van der Waals surface area contributed by atoms with Gasteiger partial charge < -0.3 is 4.74 Å². The van der Waals surface area contributed by atoms with Crippen molar-refractivity contribution in [2.75, 3.05) is 5.43 Å². The van der Waals surface area contributed by atoms with Crippen LogP contribution in [0, 0.1) is 6.92 Å². The van der Waals surface area contributed by atoms with E-state index in [4.69, 9.17) is 23.2 Å². The van der Waals surface area contributed by atoms with Gasteiger partial charge in [0.1, 0.15) is 10.8 Å². The van der Waals surface area contributed by atoms with Crippen molar-refractivity contribution in [3.63, 3.8) is 0 Å². The third kappa shape index (κ3) is 4.75. The molecule has 0 aliphatic carbocycles. The lowest BCUT2D eigenvalue weighted by Crippen LogP contribution is -2.17. The average molecular weight is 370 g/mol. The van der Waals surface area contributed by atoms with Crippen molar-refractivity contribution in [1.29, 1.82) is 0 Å². The number of nitrogens with one attached hydrogen (secondary N) is 1. The van der Waals surface area contributed by atoms with Gasteiger partial charge in [-0.3, -0.25) is 5.43 Å². The van der Waals surface area contributed by atoms with Gasteiger partial charge in [-0.1, -0.05) is 23.2 Å². The maximum atomic E-state index is 12.3. The fraction of sp³-hybridized carbons (Fsp3) is 0.167. The monoisotopic (exact) mass is 369 g/mol. The van der Waals surface area contributed by atoms with Crippen LogP contribution in [0.1, 0.15) is 11.3 Å². The molecule has 0 amide bonds. The van der Waals surface area contributed by atoms with Crippen LogP contribution in [0.25, 0.3) is 0 Å². The molecule has 0 aliphatic rings. The standard InChI is InChI=1S/C12H8Cl2F3N3OS/c1-6-5-22-11(19-6)20-18-4-7-2-8(13)10(14)9(3-7)21-12(15,16)17/h2-5H,1H3,(H,19,20). The molecule has 1 heterocycles. The highest BCUT2D eigenvalue weighted by Crippen LogP contribution is 2.36. The average Bonchev–Trinajstić information content (AvgIpc) is 2.79. The number of nitrogens with zero attached hydrogens (tertiary/aromatic N) is 2. The van der Waals surface area contributed by atoms with Crippen LogP contribution >= 0.6 is 34.5 Å². The molecule has 0 radical (unpaired) electrons. The van der Waals surface area contributed by atoms with Gasteiger partial charge in [-0.15, -0.1) is 24.5 Å². The minimum Gasteiger partial charge on any atom is -0.404 e. The summed E-state index contributed by atoms with van der Waals surface area (Å²) < 4.78 is 40.7. The molecule has 0 saturated carbocycles. The first kappa shape index (κ1) is 16.9. The highest BCUT2D eigenvalue weighted by Gasteiger charge is 2.32. The molecule has 4 nitrogen and oxygen atoms in total. The zero-order chi connectivity index (χ0) is 16.3. The lowest BCUT2D eigenvalue weighted by molar-refractivity contribution is -0.274. The molecule has 0 unspecified atom stereocenters. The van der Waals surface area contributed by atoms with Crippen LogP contribution in [-0.2, 0) is 0 Å². The second-order valence-corrected chi connectivity index (χ2v) is 5.67. The lowest BCUT2D eigenvalue weighted by Gasteiger charge is -2.11. The van der Waals surface area contributed by atoms with Crippen molar-refractivity contribution in [2.24, 2.45) is 5.10 Å². The Hall–Kier alpha value is -1.51. The smallest absolute Gasteiger partial charge is 0.404 e. The highest BCUT2D eigenvalue weighted by atomic mass is 35.5. The van der Waals surface area contributed by atoms with Gasteiger partial charge in [-0.2, -0.15) is 5.10 Å². The molecule has 1 aromatic heterocycles. The van der Waals surface area contributed by atoms with E-state index in [0.29, 0.717) is 5.13 Å². The number of rotatable bonds is 4. The molecule has 1 aromatic carbocycles. The van der Waals surface area contributed by atoms with Crippen molar-refractivity contribution in [3.05, 3.63) is 38.8 Å². The van der Waals surface area contributed by atoms with Gasteiger partial charge in [0.2, 0.25) is 5.13 Å². The number of benzene rings is 1. The molecule has 0 atom stereocenters. The number of thiazole rings is 1. The molecule has 118 valence electrons. The Bertz CT molecular complexity index is 703. The molecular formula is C12H8Cl2F3N3OS. The van der Waals surface area contributed by atoms with Crippen molar-refractivity contribution in [2.45, 2.75) is 13.3 Å². The van der Waals surface area contributed by atoms with Gasteiger partial charge in [-0.05, 0) is 24.6 Å². The van der Waals surface area contributed by atoms with Gasteiger partial charge in [-0.25, -0.2) is 4.98 Å². The molecule has 10 heteroatoms. The molecule has 0 bridgehead atoms. The highest BCUT2D eigenvalue weighted by molar-refractivity contribution is 7.13. The zero-order valence-corrected chi connectivity index (χ0v) is 13.2. The summed E-state index contributed by atoms with van der Waals surface area (Å²) in [6.07, 6.45) is -3.58. The van der Waals surface area contributed by atoms with E-state index in [1.165, 1.54) is 23.6 Å². The van der Waals surface area contributed by atoms with Gasteiger partial charge in [0.25, 0.3) is 0 Å². The van der Waals surface area contributed by atoms with E-state index >= 15 is 0 Å². The SMILES string of the molecule is Cc1csc(NN=Cc2cc(Cl)c(Cl)c(OC(F)(F)F)c2)n1. The molecule has 0 saturated heterocycles. The number of hydrazone groups is 1. The number of aromatic nitrogens is 1. The van der Waals surface area contributed by atoms with E-state index in [1.807, 2.05) is 12.3 Å². The third-order valence-electron chi connectivity index (χ3n) is 2.24. The quantitative estimate of drug-likeness (QED) is 0.602. The molecule has 0 fully saturated rings. The molecule has 2 aromatic rings. The normalized spacial score (nSPS) is 11.9. The van der Waals surface area contributed by atoms with E-state index < -0.39 is 12.1 Å². The van der Waals surface area contributed by atoms with Gasteiger partial charge in [0.05, 0.1) is 16.9 Å². The molecule has 2 rings (SSSR count). The largest absolute Gasteiger partial charge is 0.573 e. The first-order valence-corrected chi connectivity index (χ1v) is 7.34. The van der Waals surface area contributed by atoms with Crippen molar-refractivity contribution < 1.29 is 17.9 Å². The van der Waals surface area contributed by atoms with Gasteiger partial charge in [0, 0.05) is 5.38 Å². The van der Waals surface area contributed by atoms with Crippen LogP contribution in [0.3, 0.4) is 0 Å². The number of aryl methyl sites for hydroxylation is 1. The lowest BCUT2D eigenvalue weighted by atomic mass is 10.2. The molecule has 22 heavy (non-hydrogen) atoms. The summed E-state index contributed by atoms with van der Waals surface area (Å²) in [5, 5.41) is 5.86. The van der Waals surface area contributed by atoms with Gasteiger partial charge in [0.15, 0.2) is 0 Å².